The van der Waals surface area contributed by atoms with E-state index in [-0.39, 0.29) is 0 Å². The summed E-state index contributed by atoms with van der Waals surface area (Å²) in [5.41, 5.74) is 0. The number of allylic oxidation sites excluding steroid dienone is 4. The van der Waals surface area contributed by atoms with Gasteiger partial charge in [-0.25, -0.2) is 0 Å². The van der Waals surface area contributed by atoms with Crippen LogP contribution in [0.2, 0.25) is 0 Å². The monoisotopic (exact) mass is 154 g/mol. The Morgan fingerprint density at radius 3 is 2.64 bits per heavy atom. The molecule has 0 fully saturated rings. The number of rotatable bonds is 2. The molecule has 0 heterocycles. The van der Waals surface area contributed by atoms with Gasteiger partial charge in [0.15, 0.2) is 0 Å². The van der Waals surface area contributed by atoms with Crippen LogP contribution in [0.5, 0.6) is 0 Å². The van der Waals surface area contributed by atoms with Gasteiger partial charge in [0.1, 0.15) is 0 Å². The second-order valence-electron chi connectivity index (χ2n) is 2.03. The van der Waals surface area contributed by atoms with E-state index in [1.165, 1.54) is 0 Å². The van der Waals surface area contributed by atoms with Crippen molar-refractivity contribution in [1.82, 2.24) is 0 Å². The van der Waals surface area contributed by atoms with Crippen LogP contribution in [0.3, 0.4) is 0 Å². The lowest BCUT2D eigenvalue weighted by Gasteiger charge is -2.08. The second kappa shape index (κ2) is 7.39. The largest absolute Gasteiger partial charge is 0.498 e. The van der Waals surface area contributed by atoms with Gasteiger partial charge in [0.05, 0.1) is 12.4 Å². The van der Waals surface area contributed by atoms with Crippen molar-refractivity contribution < 1.29 is 4.74 Å². The molecule has 1 aliphatic carbocycles. The van der Waals surface area contributed by atoms with Crippen LogP contribution in [-0.4, -0.2) is 6.61 Å². The van der Waals surface area contributed by atoms with Crippen molar-refractivity contribution in [2.75, 3.05) is 6.61 Å². The third-order valence-electron chi connectivity index (χ3n) is 1.31. The first-order valence-corrected chi connectivity index (χ1v) is 4.42. The fraction of sp³-hybridized carbons (Fsp3) is 0.600. The summed E-state index contributed by atoms with van der Waals surface area (Å²) in [5, 5.41) is 0. The average molecular weight is 154 g/mol. The minimum atomic E-state index is 0.791. The van der Waals surface area contributed by atoms with Crippen molar-refractivity contribution in [3.63, 3.8) is 0 Å². The molecule has 0 atom stereocenters. The van der Waals surface area contributed by atoms with E-state index in [4.69, 9.17) is 4.74 Å². The highest BCUT2D eigenvalue weighted by Gasteiger charge is 1.96. The van der Waals surface area contributed by atoms with Crippen LogP contribution in [0.15, 0.2) is 24.0 Å². The Morgan fingerprint density at radius 2 is 2.18 bits per heavy atom. The zero-order chi connectivity index (χ0) is 8.53. The zero-order valence-electron chi connectivity index (χ0n) is 7.76. The van der Waals surface area contributed by atoms with Crippen molar-refractivity contribution in [2.24, 2.45) is 0 Å². The van der Waals surface area contributed by atoms with Crippen LogP contribution < -0.4 is 0 Å². The maximum atomic E-state index is 5.29. The molecule has 0 aromatic heterocycles. The molecule has 0 spiro atoms. The molecule has 0 amide bonds. The molecule has 0 saturated heterocycles. The topological polar surface area (TPSA) is 9.23 Å². The van der Waals surface area contributed by atoms with Gasteiger partial charge in [0, 0.05) is 6.42 Å². The molecular formula is C10H18O. The third kappa shape index (κ3) is 4.65. The van der Waals surface area contributed by atoms with Crippen LogP contribution in [0.1, 0.15) is 33.6 Å². The quantitative estimate of drug-likeness (QED) is 0.593. The van der Waals surface area contributed by atoms with Gasteiger partial charge in [-0.15, -0.1) is 0 Å². The molecule has 1 aliphatic rings. The third-order valence-corrected chi connectivity index (χ3v) is 1.31. The van der Waals surface area contributed by atoms with E-state index in [1.54, 1.807) is 0 Å². The molecule has 0 aromatic carbocycles. The predicted octanol–water partition coefficient (Wildman–Crippen LogP) is 3.28. The normalized spacial score (nSPS) is 14.6. The lowest BCUT2D eigenvalue weighted by molar-refractivity contribution is 0.218. The van der Waals surface area contributed by atoms with E-state index in [9.17, 15) is 0 Å². The van der Waals surface area contributed by atoms with Gasteiger partial charge < -0.3 is 4.74 Å². The summed E-state index contributed by atoms with van der Waals surface area (Å²) >= 11 is 0. The molecule has 0 bridgehead atoms. The summed E-state index contributed by atoms with van der Waals surface area (Å²) in [4.78, 5) is 0. The van der Waals surface area contributed by atoms with Crippen molar-refractivity contribution >= 4 is 0 Å². The van der Waals surface area contributed by atoms with Gasteiger partial charge in [-0.1, -0.05) is 26.0 Å². The van der Waals surface area contributed by atoms with Crippen molar-refractivity contribution in [3.8, 4) is 0 Å². The SMILES string of the molecule is CC.CCOC1=CC=CCC1. The van der Waals surface area contributed by atoms with Gasteiger partial charge in [0.2, 0.25) is 0 Å². The fourth-order valence-electron chi connectivity index (χ4n) is 0.886. The molecule has 11 heavy (non-hydrogen) atoms. The standard InChI is InChI=1S/C8H12O.C2H6/c1-2-9-8-6-4-3-5-7-8;1-2/h3-4,6H,2,5,7H2,1H3;1-2H3. The molecular weight excluding hydrogens is 136 g/mol. The highest BCUT2D eigenvalue weighted by Crippen LogP contribution is 2.11. The van der Waals surface area contributed by atoms with Gasteiger partial charge in [-0.2, -0.15) is 0 Å². The van der Waals surface area contributed by atoms with Crippen LogP contribution in [0.4, 0.5) is 0 Å². The van der Waals surface area contributed by atoms with E-state index in [1.807, 2.05) is 26.8 Å². The Labute approximate surface area is 69.8 Å². The van der Waals surface area contributed by atoms with Crippen LogP contribution in [-0.2, 0) is 4.74 Å². The minimum absolute atomic E-state index is 0.791. The summed E-state index contributed by atoms with van der Waals surface area (Å²) in [6.07, 6.45) is 8.44. The molecule has 0 saturated carbocycles. The average Bonchev–Trinajstić information content (AvgIpc) is 2.11. The molecule has 64 valence electrons. The first-order valence-electron chi connectivity index (χ1n) is 4.42. The van der Waals surface area contributed by atoms with E-state index in [0.29, 0.717) is 0 Å². The minimum Gasteiger partial charge on any atom is -0.498 e. The molecule has 1 nitrogen and oxygen atoms in total. The van der Waals surface area contributed by atoms with Gasteiger partial charge in [-0.3, -0.25) is 0 Å². The second-order valence-corrected chi connectivity index (χ2v) is 2.03. The number of hydrogen-bond acceptors (Lipinski definition) is 1. The van der Waals surface area contributed by atoms with Gasteiger partial charge in [0.25, 0.3) is 0 Å². The highest BCUT2D eigenvalue weighted by atomic mass is 16.5. The van der Waals surface area contributed by atoms with E-state index < -0.39 is 0 Å². The Balaban J connectivity index is 0.000000461. The molecule has 0 aliphatic heterocycles. The molecule has 0 N–H and O–H groups in total. The molecule has 0 aromatic rings. The molecule has 1 rings (SSSR count). The van der Waals surface area contributed by atoms with E-state index in [2.05, 4.69) is 12.2 Å². The maximum absolute atomic E-state index is 5.29. The predicted molar refractivity (Wildman–Crippen MR) is 49.4 cm³/mol. The molecule has 0 radical (unpaired) electrons. The van der Waals surface area contributed by atoms with Gasteiger partial charge >= 0.3 is 0 Å². The molecule has 1 heteroatoms. The van der Waals surface area contributed by atoms with Gasteiger partial charge in [-0.05, 0) is 19.4 Å². The highest BCUT2D eigenvalue weighted by molar-refractivity contribution is 5.12. The van der Waals surface area contributed by atoms with Crippen LogP contribution in [0, 0.1) is 0 Å². The Hall–Kier alpha value is -0.720. The lowest BCUT2D eigenvalue weighted by atomic mass is 10.2. The summed E-state index contributed by atoms with van der Waals surface area (Å²) in [6, 6.07) is 0. The first-order chi connectivity index (χ1) is 5.43. The summed E-state index contributed by atoms with van der Waals surface area (Å²) in [6.45, 7) is 6.80. The van der Waals surface area contributed by atoms with Crippen molar-refractivity contribution in [1.29, 1.82) is 0 Å². The Kier molecular flexibility index (Phi) is 6.90. The zero-order valence-corrected chi connectivity index (χ0v) is 7.76. The lowest BCUT2D eigenvalue weighted by Crippen LogP contribution is -1.92. The molecule has 0 unspecified atom stereocenters. The Morgan fingerprint density at radius 1 is 1.45 bits per heavy atom. The van der Waals surface area contributed by atoms with E-state index in [0.717, 1.165) is 25.2 Å². The van der Waals surface area contributed by atoms with Crippen molar-refractivity contribution in [3.05, 3.63) is 24.0 Å². The number of hydrogen-bond donors (Lipinski definition) is 0. The fourth-order valence-corrected chi connectivity index (χ4v) is 0.886. The smallest absolute Gasteiger partial charge is 0.0962 e. The maximum Gasteiger partial charge on any atom is 0.0962 e. The van der Waals surface area contributed by atoms with Crippen molar-refractivity contribution in [2.45, 2.75) is 33.6 Å². The summed E-state index contributed by atoms with van der Waals surface area (Å²) in [5.74, 6) is 1.13. The summed E-state index contributed by atoms with van der Waals surface area (Å²) < 4.78 is 5.29. The number of ether oxygens (including phenoxy) is 1. The summed E-state index contributed by atoms with van der Waals surface area (Å²) in [7, 11) is 0. The van der Waals surface area contributed by atoms with Crippen LogP contribution >= 0.6 is 0 Å². The van der Waals surface area contributed by atoms with Crippen LogP contribution in [0.25, 0.3) is 0 Å². The first kappa shape index (κ1) is 10.3. The Bertz CT molecular complexity index is 134. The van der Waals surface area contributed by atoms with E-state index >= 15 is 0 Å².